The van der Waals surface area contributed by atoms with Crippen molar-refractivity contribution in [2.75, 3.05) is 13.2 Å². The highest BCUT2D eigenvalue weighted by Crippen LogP contribution is 2.17. The number of hydrogen-bond donors (Lipinski definition) is 2. The lowest BCUT2D eigenvalue weighted by atomic mass is 10.1. The molecule has 0 aliphatic heterocycles. The molecule has 152 valence electrons. The first-order valence-corrected chi connectivity index (χ1v) is 9.44. The molecule has 0 aliphatic rings. The third kappa shape index (κ3) is 8.71. The molecule has 0 bridgehead atoms. The van der Waals surface area contributed by atoms with Gasteiger partial charge in [-0.15, -0.1) is 0 Å². The molecule has 2 N–H and O–H groups in total. The number of aromatic nitrogens is 1. The monoisotopic (exact) mass is 396 g/mol. The van der Waals surface area contributed by atoms with Crippen LogP contribution in [0.15, 0.2) is 53.8 Å². The first-order valence-electron chi connectivity index (χ1n) is 9.44. The zero-order chi connectivity index (χ0) is 20.7. The van der Waals surface area contributed by atoms with Gasteiger partial charge in [0.05, 0.1) is 23.4 Å². The van der Waals surface area contributed by atoms with Gasteiger partial charge in [0.25, 0.3) is 5.69 Å². The third-order valence-corrected chi connectivity index (χ3v) is 3.99. The van der Waals surface area contributed by atoms with Crippen LogP contribution >= 0.6 is 0 Å². The summed E-state index contributed by atoms with van der Waals surface area (Å²) in [6.45, 7) is 1.30. The van der Waals surface area contributed by atoms with E-state index in [4.69, 9.17) is 10.00 Å². The zero-order valence-corrected chi connectivity index (χ0v) is 16.1. The van der Waals surface area contributed by atoms with Crippen LogP contribution in [0.2, 0.25) is 0 Å². The Kier molecular flexibility index (Phi) is 9.45. The molecule has 0 spiro atoms. The van der Waals surface area contributed by atoms with Gasteiger partial charge >= 0.3 is 0 Å². The molecule has 1 aromatic carbocycles. The van der Waals surface area contributed by atoms with E-state index in [2.05, 4.69) is 20.6 Å². The fraction of sp³-hybridized carbons (Fsp3) is 0.350. The molecule has 0 radical (unpaired) electrons. The summed E-state index contributed by atoms with van der Waals surface area (Å²) in [6.07, 6.45) is 10.2. The number of pyridine rings is 1. The Labute approximate surface area is 169 Å². The maximum Gasteiger partial charge on any atom is 0.269 e. The minimum atomic E-state index is -0.428. The Balaban J connectivity index is 1.54. The molecule has 2 rings (SSSR count). The van der Waals surface area contributed by atoms with Crippen molar-refractivity contribution in [3.63, 3.8) is 0 Å². The summed E-state index contributed by atoms with van der Waals surface area (Å²) in [6, 6.07) is 9.71. The number of guanidine groups is 1. The lowest BCUT2D eigenvalue weighted by Crippen LogP contribution is -2.34. The molecule has 0 saturated heterocycles. The molecule has 0 aliphatic carbocycles. The second-order valence-electron chi connectivity index (χ2n) is 6.20. The van der Waals surface area contributed by atoms with Crippen molar-refractivity contribution in [1.82, 2.24) is 15.6 Å². The zero-order valence-electron chi connectivity index (χ0n) is 16.1. The summed E-state index contributed by atoms with van der Waals surface area (Å²) in [5.41, 5.74) is 0.732. The Morgan fingerprint density at radius 2 is 1.93 bits per heavy atom. The summed E-state index contributed by atoms with van der Waals surface area (Å²) in [4.78, 5) is 18.5. The van der Waals surface area contributed by atoms with E-state index in [1.165, 1.54) is 12.1 Å². The predicted molar refractivity (Wildman–Crippen MR) is 110 cm³/mol. The van der Waals surface area contributed by atoms with E-state index in [0.29, 0.717) is 30.5 Å². The number of hydrogen-bond acceptors (Lipinski definition) is 6. The van der Waals surface area contributed by atoms with Crippen molar-refractivity contribution in [3.05, 3.63) is 58.9 Å². The summed E-state index contributed by atoms with van der Waals surface area (Å²) in [5, 5.41) is 25.1. The van der Waals surface area contributed by atoms with E-state index in [9.17, 15) is 10.1 Å². The number of rotatable bonds is 11. The maximum atomic E-state index is 10.6. The van der Waals surface area contributed by atoms with Gasteiger partial charge in [-0.1, -0.05) is 19.3 Å². The molecule has 0 unspecified atom stereocenters. The van der Waals surface area contributed by atoms with Crippen LogP contribution in [-0.4, -0.2) is 29.0 Å². The molecule has 9 heteroatoms. The number of nitro groups is 1. The molecule has 0 atom stereocenters. The van der Waals surface area contributed by atoms with Gasteiger partial charge in [-0.3, -0.25) is 20.4 Å². The first-order chi connectivity index (χ1) is 14.2. The Hall–Kier alpha value is -3.67. The topological polar surface area (TPSA) is 125 Å². The number of unbranched alkanes of at least 4 members (excludes halogenated alkanes) is 4. The molecule has 1 aromatic heterocycles. The second-order valence-corrected chi connectivity index (χ2v) is 6.20. The molecular formula is C20H24N6O3. The van der Waals surface area contributed by atoms with E-state index >= 15 is 0 Å². The summed E-state index contributed by atoms with van der Waals surface area (Å²) in [5.74, 6) is 1.06. The first kappa shape index (κ1) is 21.6. The normalized spacial score (nSPS) is 10.8. The number of aliphatic imine (C=N–C) groups is 1. The SMILES string of the molecule is N#CN/C(=N\c1cccnc1)NCCCCCCCOc1ccc([N+](=O)[O-])cc1. The second kappa shape index (κ2) is 12.7. The molecule has 0 saturated carbocycles. The number of nitrogens with one attached hydrogen (secondary N) is 2. The highest BCUT2D eigenvalue weighted by Gasteiger charge is 2.04. The van der Waals surface area contributed by atoms with Gasteiger partial charge in [-0.05, 0) is 37.1 Å². The van der Waals surface area contributed by atoms with Gasteiger partial charge in [0.15, 0.2) is 6.19 Å². The van der Waals surface area contributed by atoms with Crippen molar-refractivity contribution in [3.8, 4) is 11.9 Å². The minimum Gasteiger partial charge on any atom is -0.494 e. The minimum absolute atomic E-state index is 0.0598. The molecule has 29 heavy (non-hydrogen) atoms. The number of non-ortho nitro benzene ring substituents is 1. The molecular weight excluding hydrogens is 372 g/mol. The lowest BCUT2D eigenvalue weighted by molar-refractivity contribution is -0.384. The largest absolute Gasteiger partial charge is 0.494 e. The lowest BCUT2D eigenvalue weighted by Gasteiger charge is -2.08. The van der Waals surface area contributed by atoms with Crippen LogP contribution in [0.25, 0.3) is 0 Å². The van der Waals surface area contributed by atoms with Crippen molar-refractivity contribution >= 4 is 17.3 Å². The van der Waals surface area contributed by atoms with Crippen LogP contribution in [0, 0.1) is 21.6 Å². The molecule has 0 fully saturated rings. The van der Waals surface area contributed by atoms with Gasteiger partial charge in [0.2, 0.25) is 5.96 Å². The summed E-state index contributed by atoms with van der Waals surface area (Å²) in [7, 11) is 0. The van der Waals surface area contributed by atoms with Gasteiger partial charge in [-0.25, -0.2) is 4.99 Å². The quantitative estimate of drug-likeness (QED) is 0.113. The maximum absolute atomic E-state index is 10.6. The number of nitro benzene ring substituents is 1. The molecule has 2 aromatic rings. The average molecular weight is 396 g/mol. The molecule has 1 heterocycles. The van der Waals surface area contributed by atoms with E-state index in [1.807, 2.05) is 12.3 Å². The fourth-order valence-electron chi connectivity index (χ4n) is 2.53. The molecule has 0 amide bonds. The Bertz CT molecular complexity index is 818. The van der Waals surface area contributed by atoms with Crippen LogP contribution in [0.5, 0.6) is 5.75 Å². The van der Waals surface area contributed by atoms with Crippen LogP contribution in [-0.2, 0) is 0 Å². The van der Waals surface area contributed by atoms with Gasteiger partial charge in [0, 0.05) is 24.9 Å². The van der Waals surface area contributed by atoms with Crippen molar-refractivity contribution in [2.45, 2.75) is 32.1 Å². The van der Waals surface area contributed by atoms with E-state index in [-0.39, 0.29) is 5.69 Å². The van der Waals surface area contributed by atoms with Crippen LogP contribution < -0.4 is 15.4 Å². The van der Waals surface area contributed by atoms with Crippen LogP contribution in [0.4, 0.5) is 11.4 Å². The highest BCUT2D eigenvalue weighted by molar-refractivity contribution is 5.83. The van der Waals surface area contributed by atoms with Crippen molar-refractivity contribution in [2.24, 2.45) is 4.99 Å². The number of nitrogens with zero attached hydrogens (tertiary/aromatic N) is 4. The van der Waals surface area contributed by atoms with Crippen LogP contribution in [0.1, 0.15) is 32.1 Å². The van der Waals surface area contributed by atoms with Crippen molar-refractivity contribution in [1.29, 1.82) is 5.26 Å². The van der Waals surface area contributed by atoms with Gasteiger partial charge < -0.3 is 10.1 Å². The smallest absolute Gasteiger partial charge is 0.269 e. The highest BCUT2D eigenvalue weighted by atomic mass is 16.6. The van der Waals surface area contributed by atoms with Gasteiger partial charge in [-0.2, -0.15) is 5.26 Å². The van der Waals surface area contributed by atoms with Crippen molar-refractivity contribution < 1.29 is 9.66 Å². The Morgan fingerprint density at radius 1 is 1.17 bits per heavy atom. The molecule has 9 nitrogen and oxygen atoms in total. The van der Waals surface area contributed by atoms with Gasteiger partial charge in [0.1, 0.15) is 5.75 Å². The van der Waals surface area contributed by atoms with E-state index in [1.54, 1.807) is 30.6 Å². The van der Waals surface area contributed by atoms with Crippen LogP contribution in [0.3, 0.4) is 0 Å². The summed E-state index contributed by atoms with van der Waals surface area (Å²) >= 11 is 0. The average Bonchev–Trinajstić information content (AvgIpc) is 2.73. The predicted octanol–water partition coefficient (Wildman–Crippen LogP) is 3.67. The summed E-state index contributed by atoms with van der Waals surface area (Å²) < 4.78 is 5.59. The van der Waals surface area contributed by atoms with E-state index < -0.39 is 4.92 Å². The number of nitriles is 1. The third-order valence-electron chi connectivity index (χ3n) is 3.99. The number of ether oxygens (including phenoxy) is 1. The Morgan fingerprint density at radius 3 is 2.62 bits per heavy atom. The standard InChI is InChI=1S/C20H24N6O3/c21-16-24-20(25-17-7-6-12-22-15-17)23-13-4-2-1-3-5-14-29-19-10-8-18(9-11-19)26(27)28/h6-12,15H,1-5,13-14H2,(H2,23,24,25). The number of benzene rings is 1. The van der Waals surface area contributed by atoms with E-state index in [0.717, 1.165) is 32.1 Å². The fourth-order valence-corrected chi connectivity index (χ4v) is 2.53.